The van der Waals surface area contributed by atoms with Gasteiger partial charge >= 0.3 is 12.0 Å². The Balaban J connectivity index is 1.62. The lowest BCUT2D eigenvalue weighted by Gasteiger charge is -2.14. The molecule has 8 nitrogen and oxygen atoms in total. The standard InChI is InChI=1S/C23H16N2O6/c1-30-19-12-13(11-17-20(26)24-23(29)25-21(17)27)9-10-18(19)31-22(28)16-8-4-6-14-5-2-3-7-15(14)16/h2-12H,1H3,(H2,24,25,26,27,29). The SMILES string of the molecule is COc1cc(C=C2C(=O)NC(=O)NC2=O)ccc1OC(=O)c1cccc2ccccc12. The maximum Gasteiger partial charge on any atom is 0.344 e. The number of hydrogen-bond acceptors (Lipinski definition) is 6. The largest absolute Gasteiger partial charge is 0.493 e. The van der Waals surface area contributed by atoms with E-state index in [9.17, 15) is 19.2 Å². The first-order valence-corrected chi connectivity index (χ1v) is 9.22. The number of barbiturate groups is 1. The Morgan fingerprint density at radius 2 is 1.58 bits per heavy atom. The highest BCUT2D eigenvalue weighted by Crippen LogP contribution is 2.30. The molecule has 154 valence electrons. The molecule has 0 aliphatic carbocycles. The highest BCUT2D eigenvalue weighted by molar-refractivity contribution is 6.31. The van der Waals surface area contributed by atoms with Crippen molar-refractivity contribution in [2.45, 2.75) is 0 Å². The molecule has 2 N–H and O–H groups in total. The number of urea groups is 1. The molecule has 0 unspecified atom stereocenters. The first-order valence-electron chi connectivity index (χ1n) is 9.22. The summed E-state index contributed by atoms with van der Waals surface area (Å²) >= 11 is 0. The van der Waals surface area contributed by atoms with E-state index in [-0.39, 0.29) is 17.1 Å². The van der Waals surface area contributed by atoms with Crippen LogP contribution in [0.25, 0.3) is 16.8 Å². The van der Waals surface area contributed by atoms with E-state index < -0.39 is 23.8 Å². The van der Waals surface area contributed by atoms with Crippen molar-refractivity contribution in [1.29, 1.82) is 0 Å². The van der Waals surface area contributed by atoms with E-state index in [1.54, 1.807) is 18.2 Å². The van der Waals surface area contributed by atoms with Gasteiger partial charge in [-0.2, -0.15) is 0 Å². The molecule has 1 fully saturated rings. The summed E-state index contributed by atoms with van der Waals surface area (Å²) in [5.41, 5.74) is 0.616. The molecular weight excluding hydrogens is 400 g/mol. The van der Waals surface area contributed by atoms with E-state index in [1.807, 2.05) is 41.0 Å². The zero-order valence-electron chi connectivity index (χ0n) is 16.3. The summed E-state index contributed by atoms with van der Waals surface area (Å²) in [7, 11) is 1.40. The second kappa shape index (κ2) is 8.11. The van der Waals surface area contributed by atoms with Gasteiger partial charge in [0.25, 0.3) is 11.8 Å². The molecule has 0 bridgehead atoms. The number of imide groups is 2. The second-order valence-corrected chi connectivity index (χ2v) is 6.62. The van der Waals surface area contributed by atoms with Gasteiger partial charge in [-0.25, -0.2) is 9.59 Å². The minimum Gasteiger partial charge on any atom is -0.493 e. The van der Waals surface area contributed by atoms with Crippen LogP contribution in [0.4, 0.5) is 4.79 Å². The predicted octanol–water partition coefficient (Wildman–Crippen LogP) is 2.82. The second-order valence-electron chi connectivity index (χ2n) is 6.62. The van der Waals surface area contributed by atoms with Gasteiger partial charge in [0.15, 0.2) is 11.5 Å². The van der Waals surface area contributed by atoms with E-state index in [2.05, 4.69) is 0 Å². The summed E-state index contributed by atoms with van der Waals surface area (Å²) < 4.78 is 10.9. The van der Waals surface area contributed by atoms with Crippen molar-refractivity contribution in [3.63, 3.8) is 0 Å². The number of benzene rings is 3. The fourth-order valence-electron chi connectivity index (χ4n) is 3.19. The highest BCUT2D eigenvalue weighted by Gasteiger charge is 2.27. The van der Waals surface area contributed by atoms with Crippen molar-refractivity contribution in [2.24, 2.45) is 0 Å². The van der Waals surface area contributed by atoms with Crippen molar-refractivity contribution in [2.75, 3.05) is 7.11 Å². The summed E-state index contributed by atoms with van der Waals surface area (Å²) in [6.07, 6.45) is 1.30. The molecule has 4 rings (SSSR count). The molecule has 1 heterocycles. The molecule has 3 aromatic rings. The highest BCUT2D eigenvalue weighted by atomic mass is 16.6. The summed E-state index contributed by atoms with van der Waals surface area (Å²) in [5, 5.41) is 5.67. The first kappa shape index (κ1) is 19.8. The lowest BCUT2D eigenvalue weighted by atomic mass is 10.0. The van der Waals surface area contributed by atoms with Crippen molar-refractivity contribution in [3.8, 4) is 11.5 Å². The molecule has 1 aliphatic rings. The topological polar surface area (TPSA) is 111 Å². The molecule has 4 amide bonds. The Labute approximate surface area is 176 Å². The third-order valence-electron chi connectivity index (χ3n) is 4.65. The first-order chi connectivity index (χ1) is 15.0. The van der Waals surface area contributed by atoms with E-state index in [1.165, 1.54) is 25.3 Å². The molecular formula is C23H16N2O6. The Hall–Kier alpha value is -4.46. The lowest BCUT2D eigenvalue weighted by molar-refractivity contribution is -0.123. The van der Waals surface area contributed by atoms with Crippen molar-refractivity contribution < 1.29 is 28.7 Å². The molecule has 8 heteroatoms. The van der Waals surface area contributed by atoms with Crippen LogP contribution in [0, 0.1) is 0 Å². The average molecular weight is 416 g/mol. The van der Waals surface area contributed by atoms with Gasteiger partial charge in [0.05, 0.1) is 12.7 Å². The van der Waals surface area contributed by atoms with Gasteiger partial charge in [-0.3, -0.25) is 20.2 Å². The average Bonchev–Trinajstić information content (AvgIpc) is 2.76. The van der Waals surface area contributed by atoms with Crippen molar-refractivity contribution >= 4 is 40.7 Å². The van der Waals surface area contributed by atoms with Crippen molar-refractivity contribution in [3.05, 3.63) is 77.4 Å². The third-order valence-corrected chi connectivity index (χ3v) is 4.65. The summed E-state index contributed by atoms with van der Waals surface area (Å²) in [6, 6.07) is 16.5. The van der Waals surface area contributed by atoms with Gasteiger partial charge in [0.2, 0.25) is 0 Å². The molecule has 0 saturated carbocycles. The quantitative estimate of drug-likeness (QED) is 0.293. The molecule has 0 atom stereocenters. The van der Waals surface area contributed by atoms with Crippen LogP contribution >= 0.6 is 0 Å². The lowest BCUT2D eigenvalue weighted by Crippen LogP contribution is -2.51. The van der Waals surface area contributed by atoms with Gasteiger partial charge in [-0.1, -0.05) is 42.5 Å². The van der Waals surface area contributed by atoms with Crippen LogP contribution in [0.15, 0.2) is 66.2 Å². The fraction of sp³-hybridized carbons (Fsp3) is 0.0435. The molecule has 0 aromatic heterocycles. The summed E-state index contributed by atoms with van der Waals surface area (Å²) in [6.45, 7) is 0. The fourth-order valence-corrected chi connectivity index (χ4v) is 3.19. The molecule has 1 saturated heterocycles. The number of amides is 4. The molecule has 3 aromatic carbocycles. The number of nitrogens with one attached hydrogen (secondary N) is 2. The smallest absolute Gasteiger partial charge is 0.344 e. The molecule has 31 heavy (non-hydrogen) atoms. The van der Waals surface area contributed by atoms with Gasteiger partial charge in [0, 0.05) is 0 Å². The molecule has 1 aliphatic heterocycles. The van der Waals surface area contributed by atoms with Gasteiger partial charge < -0.3 is 9.47 Å². The van der Waals surface area contributed by atoms with Gasteiger partial charge in [-0.05, 0) is 40.6 Å². The Bertz CT molecular complexity index is 1250. The van der Waals surface area contributed by atoms with Crippen LogP contribution in [0.5, 0.6) is 11.5 Å². The summed E-state index contributed by atoms with van der Waals surface area (Å²) in [4.78, 5) is 47.7. The zero-order valence-corrected chi connectivity index (χ0v) is 16.3. The number of carbonyl (C=O) groups excluding carboxylic acids is 4. The molecule has 0 radical (unpaired) electrons. The number of hydrogen-bond donors (Lipinski definition) is 2. The predicted molar refractivity (Wildman–Crippen MR) is 112 cm³/mol. The van der Waals surface area contributed by atoms with Crippen LogP contribution in [0.1, 0.15) is 15.9 Å². The number of methoxy groups -OCH3 is 1. The van der Waals surface area contributed by atoms with E-state index in [0.717, 1.165) is 10.8 Å². The Morgan fingerprint density at radius 3 is 2.32 bits per heavy atom. The van der Waals surface area contributed by atoms with Gasteiger partial charge in [0.1, 0.15) is 5.57 Å². The number of esters is 1. The van der Waals surface area contributed by atoms with E-state index in [0.29, 0.717) is 11.1 Å². The zero-order chi connectivity index (χ0) is 22.0. The van der Waals surface area contributed by atoms with Crippen LogP contribution in [0.3, 0.4) is 0 Å². The van der Waals surface area contributed by atoms with Crippen molar-refractivity contribution in [1.82, 2.24) is 10.6 Å². The van der Waals surface area contributed by atoms with Gasteiger partial charge in [-0.15, -0.1) is 0 Å². The maximum atomic E-state index is 12.8. The number of carbonyl (C=O) groups is 4. The maximum absolute atomic E-state index is 12.8. The van der Waals surface area contributed by atoms with Crippen LogP contribution < -0.4 is 20.1 Å². The van der Waals surface area contributed by atoms with Crippen LogP contribution in [-0.2, 0) is 9.59 Å². The third kappa shape index (κ3) is 3.99. The minimum atomic E-state index is -0.875. The Morgan fingerprint density at radius 1 is 0.871 bits per heavy atom. The van der Waals surface area contributed by atoms with E-state index >= 15 is 0 Å². The van der Waals surface area contributed by atoms with Crippen LogP contribution in [0.2, 0.25) is 0 Å². The Kier molecular flexibility index (Phi) is 5.19. The van der Waals surface area contributed by atoms with Crippen LogP contribution in [-0.4, -0.2) is 30.9 Å². The van der Waals surface area contributed by atoms with E-state index in [4.69, 9.17) is 9.47 Å². The monoisotopic (exact) mass is 416 g/mol. The minimum absolute atomic E-state index is 0.176. The number of rotatable bonds is 4. The summed E-state index contributed by atoms with van der Waals surface area (Å²) in [5.74, 6) is -1.75. The number of ether oxygens (including phenoxy) is 2. The number of fused-ring (bicyclic) bond motifs is 1. The normalized spacial score (nSPS) is 13.5. The molecule has 0 spiro atoms.